The molecule has 0 saturated carbocycles. The first-order valence-electron chi connectivity index (χ1n) is 10.8. The SMILES string of the molecule is CC(C)(c1ccc(OC[C@@H](O)Cn2nncc2CO)cc1)c1ccc(OC[C@@H](O)CCl)c(Br)c1. The molecule has 0 aliphatic heterocycles. The third-order valence-electron chi connectivity index (χ3n) is 5.52. The summed E-state index contributed by atoms with van der Waals surface area (Å²) >= 11 is 9.17. The lowest BCUT2D eigenvalue weighted by Gasteiger charge is -2.27. The van der Waals surface area contributed by atoms with Gasteiger partial charge in [0.25, 0.3) is 0 Å². The van der Waals surface area contributed by atoms with E-state index in [0.717, 1.165) is 15.6 Å². The molecule has 0 saturated heterocycles. The minimum absolute atomic E-state index is 0.0836. The van der Waals surface area contributed by atoms with E-state index in [-0.39, 0.29) is 37.7 Å². The third kappa shape index (κ3) is 6.70. The topological polar surface area (TPSA) is 110 Å². The van der Waals surface area contributed by atoms with Gasteiger partial charge in [0.15, 0.2) is 0 Å². The smallest absolute Gasteiger partial charge is 0.133 e. The number of ether oxygens (including phenoxy) is 2. The summed E-state index contributed by atoms with van der Waals surface area (Å²) in [6.45, 7) is 4.45. The molecule has 0 unspecified atom stereocenters. The lowest BCUT2D eigenvalue weighted by atomic mass is 9.78. The molecule has 3 aromatic rings. The molecule has 0 aliphatic rings. The van der Waals surface area contributed by atoms with Gasteiger partial charge < -0.3 is 24.8 Å². The highest BCUT2D eigenvalue weighted by atomic mass is 79.9. The number of rotatable bonds is 12. The van der Waals surface area contributed by atoms with Crippen molar-refractivity contribution in [1.29, 1.82) is 0 Å². The molecule has 34 heavy (non-hydrogen) atoms. The van der Waals surface area contributed by atoms with Crippen LogP contribution in [0.15, 0.2) is 53.1 Å². The van der Waals surface area contributed by atoms with Gasteiger partial charge in [0, 0.05) is 5.41 Å². The van der Waals surface area contributed by atoms with Crippen molar-refractivity contribution in [1.82, 2.24) is 15.0 Å². The lowest BCUT2D eigenvalue weighted by molar-refractivity contribution is 0.0866. The Morgan fingerprint density at radius 1 is 1.03 bits per heavy atom. The predicted molar refractivity (Wildman–Crippen MR) is 132 cm³/mol. The molecule has 184 valence electrons. The minimum Gasteiger partial charge on any atom is -0.491 e. The average Bonchev–Trinajstić information content (AvgIpc) is 3.28. The van der Waals surface area contributed by atoms with Crippen molar-refractivity contribution in [3.8, 4) is 11.5 Å². The molecule has 0 bridgehead atoms. The van der Waals surface area contributed by atoms with Crippen molar-refractivity contribution in [2.45, 2.75) is 44.6 Å². The van der Waals surface area contributed by atoms with Gasteiger partial charge in [-0.2, -0.15) is 0 Å². The number of benzene rings is 2. The molecule has 1 heterocycles. The van der Waals surface area contributed by atoms with Gasteiger partial charge in [-0.3, -0.25) is 0 Å². The molecule has 0 aliphatic carbocycles. The molecule has 0 fully saturated rings. The van der Waals surface area contributed by atoms with Crippen molar-refractivity contribution in [3.05, 3.63) is 70.0 Å². The normalized spacial score (nSPS) is 13.5. The average molecular weight is 555 g/mol. The Hall–Kier alpha value is -2.17. The maximum absolute atomic E-state index is 10.2. The fourth-order valence-corrected chi connectivity index (χ4v) is 3.95. The van der Waals surface area contributed by atoms with Gasteiger partial charge in [0.1, 0.15) is 36.9 Å². The van der Waals surface area contributed by atoms with Crippen LogP contribution in [0.2, 0.25) is 0 Å². The van der Waals surface area contributed by atoms with Crippen LogP contribution < -0.4 is 9.47 Å². The molecule has 0 radical (unpaired) electrons. The summed E-state index contributed by atoms with van der Waals surface area (Å²) in [7, 11) is 0. The molecule has 10 heteroatoms. The van der Waals surface area contributed by atoms with Crippen LogP contribution in [0.25, 0.3) is 0 Å². The van der Waals surface area contributed by atoms with Crippen LogP contribution in [-0.4, -0.2) is 61.6 Å². The first-order chi connectivity index (χ1) is 16.2. The monoisotopic (exact) mass is 553 g/mol. The molecule has 3 N–H and O–H groups in total. The van der Waals surface area contributed by atoms with Gasteiger partial charge in [-0.1, -0.05) is 37.3 Å². The maximum atomic E-state index is 10.2. The van der Waals surface area contributed by atoms with Gasteiger partial charge in [0.05, 0.1) is 35.4 Å². The minimum atomic E-state index is -0.799. The van der Waals surface area contributed by atoms with Crippen molar-refractivity contribution in [3.63, 3.8) is 0 Å². The fourth-order valence-electron chi connectivity index (χ4n) is 3.37. The number of alkyl halides is 1. The van der Waals surface area contributed by atoms with Crippen LogP contribution in [0, 0.1) is 0 Å². The first kappa shape index (κ1) is 26.4. The molecule has 0 spiro atoms. The number of hydrogen-bond donors (Lipinski definition) is 3. The summed E-state index contributed by atoms with van der Waals surface area (Å²) in [4.78, 5) is 0. The molecular weight excluding hydrogens is 526 g/mol. The number of aliphatic hydroxyl groups is 3. The van der Waals surface area contributed by atoms with E-state index >= 15 is 0 Å². The second-order valence-corrected chi connectivity index (χ2v) is 9.61. The Morgan fingerprint density at radius 2 is 1.71 bits per heavy atom. The van der Waals surface area contributed by atoms with E-state index in [1.807, 2.05) is 42.5 Å². The van der Waals surface area contributed by atoms with Crippen molar-refractivity contribution in [2.24, 2.45) is 0 Å². The fraction of sp³-hybridized carbons (Fsp3) is 0.417. The number of hydrogen-bond acceptors (Lipinski definition) is 7. The van der Waals surface area contributed by atoms with Crippen LogP contribution in [-0.2, 0) is 18.6 Å². The number of aliphatic hydroxyl groups excluding tert-OH is 3. The lowest BCUT2D eigenvalue weighted by Crippen LogP contribution is -2.25. The van der Waals surface area contributed by atoms with Crippen molar-refractivity contribution < 1.29 is 24.8 Å². The van der Waals surface area contributed by atoms with Gasteiger partial charge in [-0.15, -0.1) is 16.7 Å². The van der Waals surface area contributed by atoms with Crippen LogP contribution >= 0.6 is 27.5 Å². The zero-order chi connectivity index (χ0) is 24.7. The van der Waals surface area contributed by atoms with Gasteiger partial charge >= 0.3 is 0 Å². The van der Waals surface area contributed by atoms with E-state index in [9.17, 15) is 15.3 Å². The third-order valence-corrected chi connectivity index (χ3v) is 6.50. The summed E-state index contributed by atoms with van der Waals surface area (Å²) in [5.41, 5.74) is 2.42. The number of halogens is 2. The Kier molecular flexibility index (Phi) is 9.32. The highest BCUT2D eigenvalue weighted by molar-refractivity contribution is 9.10. The Labute approximate surface area is 212 Å². The zero-order valence-electron chi connectivity index (χ0n) is 19.1. The highest BCUT2D eigenvalue weighted by Gasteiger charge is 2.24. The molecule has 0 amide bonds. The zero-order valence-corrected chi connectivity index (χ0v) is 21.4. The number of aromatic nitrogens is 3. The predicted octanol–water partition coefficient (Wildman–Crippen LogP) is 3.28. The summed E-state index contributed by atoms with van der Waals surface area (Å²) in [5, 5.41) is 36.7. The maximum Gasteiger partial charge on any atom is 0.133 e. The highest BCUT2D eigenvalue weighted by Crippen LogP contribution is 2.36. The summed E-state index contributed by atoms with van der Waals surface area (Å²) in [6.07, 6.45) is -0.0574. The van der Waals surface area contributed by atoms with E-state index in [1.165, 1.54) is 10.9 Å². The second kappa shape index (κ2) is 12.0. The van der Waals surface area contributed by atoms with E-state index in [4.69, 9.17) is 21.1 Å². The standard InChI is InChI=1S/C24H29BrClN3O5/c1-24(2,17-5-8-23(22(25)9-17)34-14-19(31)10-26)16-3-6-21(7-4-16)33-15-20(32)12-29-18(13-30)11-27-28-29/h3-9,11,19-20,30-32H,10,12-15H2,1-2H3/t19-,20-/m0/s1. The van der Waals surface area contributed by atoms with E-state index < -0.39 is 12.2 Å². The molecular formula is C24H29BrClN3O5. The Bertz CT molecular complexity index is 1060. The molecule has 8 nitrogen and oxygen atoms in total. The Morgan fingerprint density at radius 3 is 2.35 bits per heavy atom. The van der Waals surface area contributed by atoms with E-state index in [2.05, 4.69) is 40.1 Å². The van der Waals surface area contributed by atoms with Crippen LogP contribution in [0.3, 0.4) is 0 Å². The van der Waals surface area contributed by atoms with Crippen molar-refractivity contribution in [2.75, 3.05) is 19.1 Å². The molecule has 2 atom stereocenters. The van der Waals surface area contributed by atoms with E-state index in [1.54, 1.807) is 0 Å². The van der Waals surface area contributed by atoms with Gasteiger partial charge in [-0.25, -0.2) is 4.68 Å². The molecule has 1 aromatic heterocycles. The van der Waals surface area contributed by atoms with E-state index in [0.29, 0.717) is 17.2 Å². The van der Waals surface area contributed by atoms with Crippen LogP contribution in [0.1, 0.15) is 30.7 Å². The van der Waals surface area contributed by atoms with Crippen LogP contribution in [0.5, 0.6) is 11.5 Å². The quantitative estimate of drug-likeness (QED) is 0.295. The number of nitrogens with zero attached hydrogens (tertiary/aromatic N) is 3. The Balaban J connectivity index is 1.61. The summed E-state index contributed by atoms with van der Waals surface area (Å²) in [5.74, 6) is 1.40. The summed E-state index contributed by atoms with van der Waals surface area (Å²) < 4.78 is 13.6. The summed E-state index contributed by atoms with van der Waals surface area (Å²) in [6, 6.07) is 13.6. The van der Waals surface area contributed by atoms with Crippen LogP contribution in [0.4, 0.5) is 0 Å². The van der Waals surface area contributed by atoms with Gasteiger partial charge in [0.2, 0.25) is 0 Å². The van der Waals surface area contributed by atoms with Gasteiger partial charge in [-0.05, 0) is 51.3 Å². The van der Waals surface area contributed by atoms with Crippen molar-refractivity contribution >= 4 is 27.5 Å². The molecule has 2 aromatic carbocycles. The largest absolute Gasteiger partial charge is 0.491 e. The first-order valence-corrected chi connectivity index (χ1v) is 12.1. The second-order valence-electron chi connectivity index (χ2n) is 8.44. The molecule has 3 rings (SSSR count).